The van der Waals surface area contributed by atoms with E-state index in [-0.39, 0.29) is 16.7 Å². The maximum atomic E-state index is 13.0. The predicted molar refractivity (Wildman–Crippen MR) is 113 cm³/mol. The second-order valence-electron chi connectivity index (χ2n) is 6.65. The second kappa shape index (κ2) is 9.69. The zero-order valence-electron chi connectivity index (χ0n) is 17.2. The van der Waals surface area contributed by atoms with E-state index in [1.165, 1.54) is 30.5 Å². The number of aromatic nitrogens is 3. The van der Waals surface area contributed by atoms with Gasteiger partial charge in [0, 0.05) is 7.05 Å². The molecular formula is C19H18F3N5O3S2. The molecule has 0 saturated heterocycles. The number of halogens is 3. The van der Waals surface area contributed by atoms with Gasteiger partial charge in [-0.3, -0.25) is 9.59 Å². The number of carbonyl (C=O) groups is 2. The lowest BCUT2D eigenvalue weighted by molar-refractivity contribution is -0.137. The van der Waals surface area contributed by atoms with Gasteiger partial charge in [-0.05, 0) is 26.0 Å². The fourth-order valence-electron chi connectivity index (χ4n) is 2.66. The van der Waals surface area contributed by atoms with E-state index in [9.17, 15) is 22.8 Å². The van der Waals surface area contributed by atoms with Gasteiger partial charge in [-0.25, -0.2) is 4.98 Å². The molecule has 0 spiro atoms. The number of nitrogens with one attached hydrogen (secondary N) is 1. The van der Waals surface area contributed by atoms with E-state index in [1.807, 2.05) is 13.8 Å². The largest absolute Gasteiger partial charge is 0.418 e. The number of rotatable bonds is 7. The van der Waals surface area contributed by atoms with Crippen LogP contribution >= 0.6 is 23.1 Å². The first kappa shape index (κ1) is 23.7. The maximum absolute atomic E-state index is 13.0. The Morgan fingerprint density at radius 1 is 1.22 bits per heavy atom. The number of hydrogen-bond acceptors (Lipinski definition) is 8. The van der Waals surface area contributed by atoms with Crippen LogP contribution in [0.25, 0.3) is 10.8 Å². The van der Waals surface area contributed by atoms with Gasteiger partial charge in [0.2, 0.25) is 11.8 Å². The molecule has 0 bridgehead atoms. The first-order chi connectivity index (χ1) is 15.0. The van der Waals surface area contributed by atoms with Crippen molar-refractivity contribution < 1.29 is 27.2 Å². The zero-order valence-corrected chi connectivity index (χ0v) is 18.8. The number of para-hydroxylation sites is 1. The fourth-order valence-corrected chi connectivity index (χ4v) is 4.20. The highest BCUT2D eigenvalue weighted by Gasteiger charge is 2.33. The molecule has 0 aliphatic heterocycles. The van der Waals surface area contributed by atoms with Crippen molar-refractivity contribution in [1.82, 2.24) is 20.1 Å². The number of alkyl halides is 3. The van der Waals surface area contributed by atoms with E-state index in [0.717, 1.165) is 44.4 Å². The van der Waals surface area contributed by atoms with Crippen LogP contribution in [0.15, 0.2) is 33.9 Å². The van der Waals surface area contributed by atoms with Crippen molar-refractivity contribution in [2.24, 2.45) is 0 Å². The first-order valence-corrected chi connectivity index (χ1v) is 11.0. The van der Waals surface area contributed by atoms with Gasteiger partial charge in [-0.1, -0.05) is 23.9 Å². The zero-order chi connectivity index (χ0) is 23.5. The van der Waals surface area contributed by atoms with Crippen molar-refractivity contribution in [2.45, 2.75) is 25.2 Å². The molecule has 2 aromatic heterocycles. The maximum Gasteiger partial charge on any atom is 0.418 e. The highest BCUT2D eigenvalue weighted by Crippen LogP contribution is 2.34. The number of aryl methyl sites for hydroxylation is 2. The summed E-state index contributed by atoms with van der Waals surface area (Å²) in [6, 6.07) is 4.63. The third-order valence-electron chi connectivity index (χ3n) is 4.14. The summed E-state index contributed by atoms with van der Waals surface area (Å²) >= 11 is 2.41. The lowest BCUT2D eigenvalue weighted by atomic mass is 10.1. The van der Waals surface area contributed by atoms with Crippen LogP contribution in [0.2, 0.25) is 0 Å². The van der Waals surface area contributed by atoms with Gasteiger partial charge in [0.15, 0.2) is 0 Å². The topological polar surface area (TPSA) is 101 Å². The van der Waals surface area contributed by atoms with Crippen LogP contribution in [0, 0.1) is 13.8 Å². The van der Waals surface area contributed by atoms with Crippen molar-refractivity contribution in [3.05, 3.63) is 40.5 Å². The van der Waals surface area contributed by atoms with Crippen LogP contribution in [0.1, 0.15) is 16.3 Å². The Morgan fingerprint density at radius 3 is 2.59 bits per heavy atom. The molecule has 0 unspecified atom stereocenters. The summed E-state index contributed by atoms with van der Waals surface area (Å²) < 4.78 is 44.7. The van der Waals surface area contributed by atoms with Crippen molar-refractivity contribution in [2.75, 3.05) is 24.7 Å². The smallest absolute Gasteiger partial charge is 0.410 e. The molecular weight excluding hydrogens is 467 g/mol. The molecule has 0 fully saturated rings. The SMILES string of the molecule is Cc1nc(C)c(-c2nnc(SCC(=O)N(C)CC(=O)Nc3ccccc3C(F)(F)F)o2)s1. The molecule has 13 heteroatoms. The molecule has 0 atom stereocenters. The lowest BCUT2D eigenvalue weighted by Crippen LogP contribution is -2.36. The molecule has 32 heavy (non-hydrogen) atoms. The second-order valence-corrected chi connectivity index (χ2v) is 8.78. The van der Waals surface area contributed by atoms with Crippen LogP contribution in [0.5, 0.6) is 0 Å². The van der Waals surface area contributed by atoms with Gasteiger partial charge in [-0.2, -0.15) is 13.2 Å². The Kier molecular flexibility index (Phi) is 7.19. The number of nitrogens with zero attached hydrogens (tertiary/aromatic N) is 4. The standard InChI is InChI=1S/C19H18F3N5O3S2/c1-10-16(32-11(2)23-10)17-25-26-18(30-17)31-9-15(29)27(3)8-14(28)24-13-7-5-4-6-12(13)19(20,21)22/h4-7H,8-9H2,1-3H3,(H,24,28). The van der Waals surface area contributed by atoms with E-state index < -0.39 is 30.1 Å². The number of amides is 2. The van der Waals surface area contributed by atoms with Crippen LogP contribution < -0.4 is 5.32 Å². The molecule has 1 aromatic carbocycles. The third kappa shape index (κ3) is 5.85. The van der Waals surface area contributed by atoms with Gasteiger partial charge in [0.1, 0.15) is 4.88 Å². The van der Waals surface area contributed by atoms with E-state index >= 15 is 0 Å². The first-order valence-electron chi connectivity index (χ1n) is 9.15. The summed E-state index contributed by atoms with van der Waals surface area (Å²) in [5.41, 5.74) is -0.565. The minimum atomic E-state index is -4.61. The molecule has 0 radical (unpaired) electrons. The average molecular weight is 486 g/mol. The Balaban J connectivity index is 1.54. The molecule has 2 heterocycles. The van der Waals surface area contributed by atoms with E-state index in [4.69, 9.17) is 4.42 Å². The molecule has 3 aromatic rings. The average Bonchev–Trinajstić information content (AvgIpc) is 3.31. The Hall–Kier alpha value is -2.93. The van der Waals surface area contributed by atoms with Crippen LogP contribution in [-0.2, 0) is 15.8 Å². The predicted octanol–water partition coefficient (Wildman–Crippen LogP) is 4.02. The van der Waals surface area contributed by atoms with Crippen LogP contribution in [0.3, 0.4) is 0 Å². The van der Waals surface area contributed by atoms with Gasteiger partial charge < -0.3 is 14.6 Å². The number of thioether (sulfide) groups is 1. The Morgan fingerprint density at radius 2 is 1.94 bits per heavy atom. The number of hydrogen-bond donors (Lipinski definition) is 1. The highest BCUT2D eigenvalue weighted by molar-refractivity contribution is 7.99. The molecule has 170 valence electrons. The van der Waals surface area contributed by atoms with Gasteiger partial charge >= 0.3 is 6.18 Å². The van der Waals surface area contributed by atoms with E-state index in [1.54, 1.807) is 0 Å². The lowest BCUT2D eigenvalue weighted by Gasteiger charge is -2.18. The van der Waals surface area contributed by atoms with Crippen molar-refractivity contribution >= 4 is 40.6 Å². The van der Waals surface area contributed by atoms with Crippen LogP contribution in [-0.4, -0.2) is 51.2 Å². The Bertz CT molecular complexity index is 1130. The van der Waals surface area contributed by atoms with Crippen LogP contribution in [0.4, 0.5) is 18.9 Å². The Labute approximate surface area is 189 Å². The minimum absolute atomic E-state index is 0.0920. The van der Waals surface area contributed by atoms with E-state index in [0.29, 0.717) is 5.89 Å². The molecule has 3 rings (SSSR count). The number of carbonyl (C=O) groups excluding carboxylic acids is 2. The van der Waals surface area contributed by atoms with Crippen molar-refractivity contribution in [1.29, 1.82) is 0 Å². The number of thiazole rings is 1. The van der Waals surface area contributed by atoms with Gasteiger partial charge in [0.05, 0.1) is 34.2 Å². The summed E-state index contributed by atoms with van der Waals surface area (Å²) in [6.07, 6.45) is -4.61. The molecule has 2 amide bonds. The third-order valence-corrected chi connectivity index (χ3v) is 6.00. The number of likely N-dealkylation sites (N-methyl/N-ethyl adjacent to an activating group) is 1. The number of benzene rings is 1. The summed E-state index contributed by atoms with van der Waals surface area (Å²) in [5.74, 6) is -0.970. The minimum Gasteiger partial charge on any atom is -0.410 e. The molecule has 0 aliphatic carbocycles. The van der Waals surface area contributed by atoms with Gasteiger partial charge in [-0.15, -0.1) is 21.5 Å². The van der Waals surface area contributed by atoms with Crippen molar-refractivity contribution in [3.63, 3.8) is 0 Å². The molecule has 0 aliphatic rings. The highest BCUT2D eigenvalue weighted by atomic mass is 32.2. The van der Waals surface area contributed by atoms with Gasteiger partial charge in [0.25, 0.3) is 11.1 Å². The summed E-state index contributed by atoms with van der Waals surface area (Å²) in [6.45, 7) is 3.27. The summed E-state index contributed by atoms with van der Waals surface area (Å²) in [4.78, 5) is 30.6. The normalized spacial score (nSPS) is 11.4. The quantitative estimate of drug-likeness (QED) is 0.505. The van der Waals surface area contributed by atoms with E-state index in [2.05, 4.69) is 20.5 Å². The number of anilines is 1. The molecule has 1 N–H and O–H groups in total. The van der Waals surface area contributed by atoms with Crippen molar-refractivity contribution in [3.8, 4) is 10.8 Å². The summed E-state index contributed by atoms with van der Waals surface area (Å²) in [5, 5.41) is 11.1. The fraction of sp³-hybridized carbons (Fsp3) is 0.316. The summed E-state index contributed by atoms with van der Waals surface area (Å²) in [7, 11) is 1.38. The molecule has 0 saturated carbocycles. The monoisotopic (exact) mass is 485 g/mol. The molecule has 8 nitrogen and oxygen atoms in total.